The van der Waals surface area contributed by atoms with Crippen LogP contribution in [0.2, 0.25) is 0 Å². The number of aliphatic hydroxyl groups excluding tert-OH is 1. The fraction of sp³-hybridized carbons (Fsp3) is 0.545. The van der Waals surface area contributed by atoms with Crippen molar-refractivity contribution in [1.82, 2.24) is 4.98 Å². The molecule has 1 N–H and O–H groups in total. The summed E-state index contributed by atoms with van der Waals surface area (Å²) in [6.07, 6.45) is 5.37. The van der Waals surface area contributed by atoms with Gasteiger partial charge in [-0.1, -0.05) is 6.07 Å². The standard InChI is InChI=1S/C11H17NOS/c1-9-5-6-10(8-12-9)11(13)4-3-7-14-2/h5-6,8,11,13H,3-4,7H2,1-2H3. The SMILES string of the molecule is CSCCCC(O)c1ccc(C)nc1. The lowest BCUT2D eigenvalue weighted by Gasteiger charge is -2.09. The molecule has 0 saturated heterocycles. The molecule has 2 nitrogen and oxygen atoms in total. The van der Waals surface area contributed by atoms with Crippen molar-refractivity contribution in [3.05, 3.63) is 29.6 Å². The molecule has 1 aromatic rings. The molecule has 0 aliphatic carbocycles. The smallest absolute Gasteiger partial charge is 0.0805 e. The molecular formula is C11H17NOS. The number of aromatic nitrogens is 1. The van der Waals surface area contributed by atoms with Crippen LogP contribution in [0.3, 0.4) is 0 Å². The van der Waals surface area contributed by atoms with Crippen LogP contribution in [0.15, 0.2) is 18.3 Å². The molecule has 1 atom stereocenters. The van der Waals surface area contributed by atoms with Gasteiger partial charge in [-0.2, -0.15) is 11.8 Å². The van der Waals surface area contributed by atoms with Crippen LogP contribution in [0.1, 0.15) is 30.2 Å². The zero-order chi connectivity index (χ0) is 10.4. The van der Waals surface area contributed by atoms with Gasteiger partial charge in [-0.25, -0.2) is 0 Å². The first-order chi connectivity index (χ1) is 6.74. The van der Waals surface area contributed by atoms with E-state index in [-0.39, 0.29) is 6.10 Å². The van der Waals surface area contributed by atoms with Crippen LogP contribution in [0.4, 0.5) is 0 Å². The summed E-state index contributed by atoms with van der Waals surface area (Å²) < 4.78 is 0. The second-order valence-electron chi connectivity index (χ2n) is 3.38. The highest BCUT2D eigenvalue weighted by Crippen LogP contribution is 2.18. The summed E-state index contributed by atoms with van der Waals surface area (Å²) in [4.78, 5) is 4.16. The lowest BCUT2D eigenvalue weighted by molar-refractivity contribution is 0.166. The van der Waals surface area contributed by atoms with Crippen LogP contribution in [-0.2, 0) is 0 Å². The van der Waals surface area contributed by atoms with E-state index in [0.29, 0.717) is 0 Å². The fourth-order valence-corrected chi connectivity index (χ4v) is 1.72. The van der Waals surface area contributed by atoms with Gasteiger partial charge in [0.05, 0.1) is 6.10 Å². The van der Waals surface area contributed by atoms with E-state index in [9.17, 15) is 5.11 Å². The molecule has 0 spiro atoms. The molecule has 0 bridgehead atoms. The minimum Gasteiger partial charge on any atom is -0.388 e. The molecule has 0 saturated carbocycles. The Bertz CT molecular complexity index is 260. The summed E-state index contributed by atoms with van der Waals surface area (Å²) in [5.41, 5.74) is 1.92. The molecule has 0 radical (unpaired) electrons. The molecule has 0 aliphatic heterocycles. The highest BCUT2D eigenvalue weighted by molar-refractivity contribution is 7.98. The van der Waals surface area contributed by atoms with Gasteiger partial charge in [0.25, 0.3) is 0 Å². The Labute approximate surface area is 89.8 Å². The van der Waals surface area contributed by atoms with Gasteiger partial charge in [0.2, 0.25) is 0 Å². The van der Waals surface area contributed by atoms with Crippen LogP contribution in [0, 0.1) is 6.92 Å². The van der Waals surface area contributed by atoms with Crippen molar-refractivity contribution in [1.29, 1.82) is 0 Å². The van der Waals surface area contributed by atoms with Gasteiger partial charge in [-0.05, 0) is 43.4 Å². The van der Waals surface area contributed by atoms with E-state index >= 15 is 0 Å². The summed E-state index contributed by atoms with van der Waals surface area (Å²) in [7, 11) is 0. The molecule has 78 valence electrons. The van der Waals surface area contributed by atoms with Crippen LogP contribution >= 0.6 is 11.8 Å². The number of aryl methyl sites for hydroxylation is 1. The zero-order valence-corrected chi connectivity index (χ0v) is 9.55. The summed E-state index contributed by atoms with van der Waals surface area (Å²) in [6.45, 7) is 1.95. The van der Waals surface area contributed by atoms with Crippen molar-refractivity contribution in [3.8, 4) is 0 Å². The van der Waals surface area contributed by atoms with Gasteiger partial charge >= 0.3 is 0 Å². The number of thioether (sulfide) groups is 1. The van der Waals surface area contributed by atoms with Crippen LogP contribution < -0.4 is 0 Å². The minimum atomic E-state index is -0.352. The van der Waals surface area contributed by atoms with Crippen molar-refractivity contribution < 1.29 is 5.11 Å². The average Bonchev–Trinajstić information content (AvgIpc) is 2.19. The van der Waals surface area contributed by atoms with E-state index in [1.807, 2.05) is 30.8 Å². The zero-order valence-electron chi connectivity index (χ0n) is 8.73. The number of aliphatic hydroxyl groups is 1. The highest BCUT2D eigenvalue weighted by atomic mass is 32.2. The van der Waals surface area contributed by atoms with Gasteiger partial charge < -0.3 is 5.11 Å². The Morgan fingerprint density at radius 2 is 2.29 bits per heavy atom. The van der Waals surface area contributed by atoms with Crippen molar-refractivity contribution >= 4 is 11.8 Å². The number of hydrogen-bond acceptors (Lipinski definition) is 3. The Hall–Kier alpha value is -0.540. The van der Waals surface area contributed by atoms with E-state index in [0.717, 1.165) is 29.9 Å². The molecule has 14 heavy (non-hydrogen) atoms. The molecule has 0 amide bonds. The average molecular weight is 211 g/mol. The van der Waals surface area contributed by atoms with Crippen molar-refractivity contribution in [2.45, 2.75) is 25.9 Å². The molecule has 1 aromatic heterocycles. The number of nitrogens with zero attached hydrogens (tertiary/aromatic N) is 1. The maximum absolute atomic E-state index is 9.79. The Morgan fingerprint density at radius 1 is 1.50 bits per heavy atom. The lowest BCUT2D eigenvalue weighted by atomic mass is 10.1. The minimum absolute atomic E-state index is 0.352. The van der Waals surface area contributed by atoms with E-state index in [1.54, 1.807) is 6.20 Å². The third kappa shape index (κ3) is 3.68. The number of hydrogen-bond donors (Lipinski definition) is 1. The first kappa shape index (κ1) is 11.5. The summed E-state index contributed by atoms with van der Waals surface area (Å²) in [5.74, 6) is 1.11. The van der Waals surface area contributed by atoms with Gasteiger partial charge in [-0.15, -0.1) is 0 Å². The van der Waals surface area contributed by atoms with Gasteiger partial charge in [-0.3, -0.25) is 4.98 Å². The topological polar surface area (TPSA) is 33.1 Å². The molecule has 0 fully saturated rings. The monoisotopic (exact) mass is 211 g/mol. The maximum Gasteiger partial charge on any atom is 0.0805 e. The summed E-state index contributed by atoms with van der Waals surface area (Å²) in [6, 6.07) is 3.89. The number of pyridine rings is 1. The van der Waals surface area contributed by atoms with Crippen molar-refractivity contribution in [3.63, 3.8) is 0 Å². The predicted molar refractivity (Wildman–Crippen MR) is 61.5 cm³/mol. The number of rotatable bonds is 5. The van der Waals surface area contributed by atoms with Crippen LogP contribution in [0.5, 0.6) is 0 Å². The van der Waals surface area contributed by atoms with Crippen molar-refractivity contribution in [2.75, 3.05) is 12.0 Å². The Balaban J connectivity index is 2.43. The predicted octanol–water partition coefficient (Wildman–Crippen LogP) is 2.57. The van der Waals surface area contributed by atoms with Crippen molar-refractivity contribution in [2.24, 2.45) is 0 Å². The second kappa shape index (κ2) is 6.04. The lowest BCUT2D eigenvalue weighted by Crippen LogP contribution is -1.99. The molecule has 1 rings (SSSR count). The van der Waals surface area contributed by atoms with Gasteiger partial charge in [0.1, 0.15) is 0 Å². The van der Waals surface area contributed by atoms with E-state index < -0.39 is 0 Å². The second-order valence-corrected chi connectivity index (χ2v) is 4.37. The highest BCUT2D eigenvalue weighted by Gasteiger charge is 2.06. The van der Waals surface area contributed by atoms with E-state index in [1.165, 1.54) is 0 Å². The normalized spacial score (nSPS) is 12.8. The Morgan fingerprint density at radius 3 is 2.86 bits per heavy atom. The van der Waals surface area contributed by atoms with Gasteiger partial charge in [0.15, 0.2) is 0 Å². The first-order valence-corrected chi connectivity index (χ1v) is 6.23. The first-order valence-electron chi connectivity index (χ1n) is 4.83. The summed E-state index contributed by atoms with van der Waals surface area (Å²) >= 11 is 1.81. The maximum atomic E-state index is 9.79. The van der Waals surface area contributed by atoms with E-state index in [2.05, 4.69) is 11.2 Å². The van der Waals surface area contributed by atoms with Gasteiger partial charge in [0, 0.05) is 11.9 Å². The molecular weight excluding hydrogens is 194 g/mol. The molecule has 0 aliphatic rings. The third-order valence-corrected chi connectivity index (χ3v) is 2.84. The van der Waals surface area contributed by atoms with E-state index in [4.69, 9.17) is 0 Å². The third-order valence-electron chi connectivity index (χ3n) is 2.15. The summed E-state index contributed by atoms with van der Waals surface area (Å²) in [5, 5.41) is 9.79. The molecule has 3 heteroatoms. The fourth-order valence-electron chi connectivity index (χ4n) is 1.26. The van der Waals surface area contributed by atoms with Crippen LogP contribution in [-0.4, -0.2) is 22.1 Å². The quantitative estimate of drug-likeness (QED) is 0.760. The largest absolute Gasteiger partial charge is 0.388 e. The molecule has 1 unspecified atom stereocenters. The molecule has 1 heterocycles. The molecule has 0 aromatic carbocycles. The van der Waals surface area contributed by atoms with Crippen LogP contribution in [0.25, 0.3) is 0 Å². The Kier molecular flexibility index (Phi) is 4.98.